The van der Waals surface area contributed by atoms with Crippen molar-refractivity contribution in [1.29, 1.82) is 0 Å². The minimum atomic E-state index is -2.91. The van der Waals surface area contributed by atoms with Gasteiger partial charge in [-0.3, -0.25) is 0 Å². The number of nitrogens with zero attached hydrogens (tertiary/aromatic N) is 1. The van der Waals surface area contributed by atoms with Crippen LogP contribution in [0, 0.1) is 5.92 Å². The summed E-state index contributed by atoms with van der Waals surface area (Å²) in [6.45, 7) is -0.155. The standard InChI is InChI=1S/C14H18F2N2O3/c1-9-5-6-18(8-12(9)19)14(20)17-10-3-2-4-11(7-10)21-13(15)16/h2-4,7,9,12-13,19H,5-6,8H2,1H3,(H,17,20). The average Bonchev–Trinajstić information content (AvgIpc) is 2.41. The van der Waals surface area contributed by atoms with E-state index in [9.17, 15) is 18.7 Å². The van der Waals surface area contributed by atoms with E-state index in [1.54, 1.807) is 6.07 Å². The molecule has 0 spiro atoms. The van der Waals surface area contributed by atoms with E-state index in [0.717, 1.165) is 6.42 Å². The zero-order valence-corrected chi connectivity index (χ0v) is 11.6. The van der Waals surface area contributed by atoms with Gasteiger partial charge in [-0.1, -0.05) is 13.0 Å². The number of piperidine rings is 1. The average molecular weight is 300 g/mol. The number of anilines is 1. The van der Waals surface area contributed by atoms with Crippen molar-refractivity contribution in [2.24, 2.45) is 5.92 Å². The Morgan fingerprint density at radius 3 is 2.95 bits per heavy atom. The van der Waals surface area contributed by atoms with E-state index in [2.05, 4.69) is 10.1 Å². The van der Waals surface area contributed by atoms with Crippen LogP contribution in [0.5, 0.6) is 5.75 Å². The summed E-state index contributed by atoms with van der Waals surface area (Å²) in [5, 5.41) is 12.4. The van der Waals surface area contributed by atoms with E-state index in [-0.39, 0.29) is 24.2 Å². The van der Waals surface area contributed by atoms with Crippen molar-refractivity contribution in [1.82, 2.24) is 4.90 Å². The Labute approximate surface area is 121 Å². The van der Waals surface area contributed by atoms with Crippen molar-refractivity contribution >= 4 is 11.7 Å². The molecule has 2 atom stereocenters. The number of aliphatic hydroxyl groups excluding tert-OH is 1. The molecule has 2 amide bonds. The van der Waals surface area contributed by atoms with E-state index in [4.69, 9.17) is 0 Å². The highest BCUT2D eigenvalue weighted by Crippen LogP contribution is 2.21. The molecular formula is C14H18F2N2O3. The summed E-state index contributed by atoms with van der Waals surface area (Å²) in [6.07, 6.45) is 0.182. The predicted octanol–water partition coefficient (Wildman–Crippen LogP) is 2.52. The minimum Gasteiger partial charge on any atom is -0.435 e. The number of carbonyl (C=O) groups is 1. The van der Waals surface area contributed by atoms with Crippen molar-refractivity contribution in [2.75, 3.05) is 18.4 Å². The van der Waals surface area contributed by atoms with Crippen molar-refractivity contribution in [3.05, 3.63) is 24.3 Å². The monoisotopic (exact) mass is 300 g/mol. The molecule has 0 aliphatic carbocycles. The molecule has 1 aromatic rings. The highest BCUT2D eigenvalue weighted by molar-refractivity contribution is 5.89. The number of benzene rings is 1. The van der Waals surface area contributed by atoms with Crippen molar-refractivity contribution in [3.63, 3.8) is 0 Å². The second-order valence-corrected chi connectivity index (χ2v) is 5.12. The van der Waals surface area contributed by atoms with Gasteiger partial charge in [0.1, 0.15) is 5.75 Å². The molecule has 0 saturated carbocycles. The molecule has 1 saturated heterocycles. The minimum absolute atomic E-state index is 0.0184. The maximum Gasteiger partial charge on any atom is 0.387 e. The van der Waals surface area contributed by atoms with Gasteiger partial charge in [0.2, 0.25) is 0 Å². The number of ether oxygens (including phenoxy) is 1. The van der Waals surface area contributed by atoms with Gasteiger partial charge in [0.05, 0.1) is 6.10 Å². The number of halogens is 2. The Morgan fingerprint density at radius 1 is 1.52 bits per heavy atom. The first-order valence-corrected chi connectivity index (χ1v) is 6.74. The molecule has 0 bridgehead atoms. The number of hydrogen-bond acceptors (Lipinski definition) is 3. The first kappa shape index (κ1) is 15.5. The van der Waals surface area contributed by atoms with Gasteiger partial charge in [-0.25, -0.2) is 4.79 Å². The van der Waals surface area contributed by atoms with Crippen LogP contribution in [-0.2, 0) is 0 Å². The van der Waals surface area contributed by atoms with E-state index in [1.165, 1.54) is 23.1 Å². The number of aliphatic hydroxyl groups is 1. The van der Waals surface area contributed by atoms with Gasteiger partial charge in [0.25, 0.3) is 0 Å². The summed E-state index contributed by atoms with van der Waals surface area (Å²) in [6, 6.07) is 5.44. The highest BCUT2D eigenvalue weighted by atomic mass is 19.3. The number of hydrogen-bond donors (Lipinski definition) is 2. The fourth-order valence-electron chi connectivity index (χ4n) is 2.19. The number of nitrogens with one attached hydrogen (secondary N) is 1. The molecule has 2 N–H and O–H groups in total. The summed E-state index contributed by atoms with van der Waals surface area (Å²) >= 11 is 0. The van der Waals surface area contributed by atoms with Crippen LogP contribution in [0.15, 0.2) is 24.3 Å². The van der Waals surface area contributed by atoms with Gasteiger partial charge >= 0.3 is 12.6 Å². The second-order valence-electron chi connectivity index (χ2n) is 5.12. The smallest absolute Gasteiger partial charge is 0.387 e. The first-order chi connectivity index (χ1) is 9.95. The van der Waals surface area contributed by atoms with E-state index >= 15 is 0 Å². The number of amides is 2. The Kier molecular flexibility index (Phi) is 4.95. The molecule has 1 fully saturated rings. The van der Waals surface area contributed by atoms with Gasteiger partial charge < -0.3 is 20.1 Å². The summed E-state index contributed by atoms with van der Waals surface area (Å²) in [5.74, 6) is 0.145. The number of rotatable bonds is 3. The summed E-state index contributed by atoms with van der Waals surface area (Å²) in [5.41, 5.74) is 0.367. The number of carbonyl (C=O) groups excluding carboxylic acids is 1. The Bertz CT molecular complexity index is 499. The maximum atomic E-state index is 12.1. The molecule has 1 aromatic carbocycles. The van der Waals surface area contributed by atoms with Crippen molar-refractivity contribution in [2.45, 2.75) is 26.1 Å². The van der Waals surface area contributed by atoms with Crippen LogP contribution in [0.25, 0.3) is 0 Å². The number of likely N-dealkylation sites (tertiary alicyclic amines) is 1. The van der Waals surface area contributed by atoms with Gasteiger partial charge in [-0.05, 0) is 24.5 Å². The van der Waals surface area contributed by atoms with Crippen LogP contribution in [0.2, 0.25) is 0 Å². The predicted molar refractivity (Wildman–Crippen MR) is 73.5 cm³/mol. The molecule has 1 heterocycles. The summed E-state index contributed by atoms with van der Waals surface area (Å²) in [7, 11) is 0. The third-order valence-electron chi connectivity index (χ3n) is 3.52. The molecule has 1 aliphatic rings. The SMILES string of the molecule is CC1CCN(C(=O)Nc2cccc(OC(F)F)c2)CC1O. The lowest BCUT2D eigenvalue weighted by Crippen LogP contribution is -2.47. The Hall–Kier alpha value is -1.89. The topological polar surface area (TPSA) is 61.8 Å². The fourth-order valence-corrected chi connectivity index (χ4v) is 2.19. The lowest BCUT2D eigenvalue weighted by atomic mass is 9.96. The molecule has 0 aromatic heterocycles. The lowest BCUT2D eigenvalue weighted by molar-refractivity contribution is -0.0498. The maximum absolute atomic E-state index is 12.1. The molecule has 2 rings (SSSR count). The molecule has 7 heteroatoms. The van der Waals surface area contributed by atoms with Gasteiger partial charge in [-0.15, -0.1) is 0 Å². The number of urea groups is 1. The third kappa shape index (κ3) is 4.29. The molecule has 1 aliphatic heterocycles. The lowest BCUT2D eigenvalue weighted by Gasteiger charge is -2.34. The normalized spacial score (nSPS) is 22.2. The summed E-state index contributed by atoms with van der Waals surface area (Å²) < 4.78 is 28.6. The fraction of sp³-hybridized carbons (Fsp3) is 0.500. The molecular weight excluding hydrogens is 282 g/mol. The Balaban J connectivity index is 1.96. The van der Waals surface area contributed by atoms with Crippen LogP contribution in [0.3, 0.4) is 0 Å². The van der Waals surface area contributed by atoms with Crippen LogP contribution in [0.1, 0.15) is 13.3 Å². The molecule has 5 nitrogen and oxygen atoms in total. The Morgan fingerprint density at radius 2 is 2.29 bits per heavy atom. The quantitative estimate of drug-likeness (QED) is 0.901. The summed E-state index contributed by atoms with van der Waals surface area (Å²) in [4.78, 5) is 13.6. The second kappa shape index (κ2) is 6.71. The largest absolute Gasteiger partial charge is 0.435 e. The molecule has 0 radical (unpaired) electrons. The molecule has 21 heavy (non-hydrogen) atoms. The number of β-amino-alcohol motifs (C(OH)–C–C–N with tert-alkyl or cyclic N) is 1. The first-order valence-electron chi connectivity index (χ1n) is 6.74. The molecule has 116 valence electrons. The number of alkyl halides is 2. The van der Waals surface area contributed by atoms with Crippen LogP contribution in [0.4, 0.5) is 19.3 Å². The van der Waals surface area contributed by atoms with Crippen LogP contribution >= 0.6 is 0 Å². The zero-order valence-electron chi connectivity index (χ0n) is 11.6. The van der Waals surface area contributed by atoms with Crippen molar-refractivity contribution < 1.29 is 23.4 Å². The molecule has 2 unspecified atom stereocenters. The van der Waals surface area contributed by atoms with Crippen molar-refractivity contribution in [3.8, 4) is 5.75 Å². The van der Waals surface area contributed by atoms with E-state index in [1.807, 2.05) is 6.92 Å². The van der Waals surface area contributed by atoms with E-state index in [0.29, 0.717) is 12.2 Å². The van der Waals surface area contributed by atoms with Gasteiger partial charge in [0, 0.05) is 24.8 Å². The van der Waals surface area contributed by atoms with Gasteiger partial charge in [0.15, 0.2) is 0 Å². The van der Waals surface area contributed by atoms with Gasteiger partial charge in [-0.2, -0.15) is 8.78 Å². The van der Waals surface area contributed by atoms with Crippen LogP contribution < -0.4 is 10.1 Å². The highest BCUT2D eigenvalue weighted by Gasteiger charge is 2.27. The zero-order chi connectivity index (χ0) is 15.4. The van der Waals surface area contributed by atoms with Crippen LogP contribution in [-0.4, -0.2) is 41.8 Å². The third-order valence-corrected chi connectivity index (χ3v) is 3.52. The van der Waals surface area contributed by atoms with E-state index < -0.39 is 12.7 Å².